The molecule has 4 rings (SSSR count). The highest BCUT2D eigenvalue weighted by Crippen LogP contribution is 2.42. The fraction of sp³-hybridized carbons (Fsp3) is 0.217. The van der Waals surface area contributed by atoms with Crippen LogP contribution in [0.25, 0.3) is 0 Å². The molecule has 0 aromatic heterocycles. The van der Waals surface area contributed by atoms with Crippen molar-refractivity contribution in [2.75, 3.05) is 6.61 Å². The number of carbonyl (C=O) groups excluding carboxylic acids is 1. The van der Waals surface area contributed by atoms with Crippen molar-refractivity contribution in [3.63, 3.8) is 0 Å². The third-order valence-electron chi connectivity index (χ3n) is 4.93. The minimum absolute atomic E-state index is 0.291. The zero-order chi connectivity index (χ0) is 22.0. The maximum atomic E-state index is 12.7. The predicted molar refractivity (Wildman–Crippen MR) is 125 cm³/mol. The van der Waals surface area contributed by atoms with E-state index in [0.717, 1.165) is 16.3 Å². The molecule has 160 valence electrons. The van der Waals surface area contributed by atoms with Gasteiger partial charge in [-0.25, -0.2) is 9.79 Å². The summed E-state index contributed by atoms with van der Waals surface area (Å²) in [5, 5.41) is 3.84. The fourth-order valence-corrected chi connectivity index (χ4v) is 4.70. The Balaban J connectivity index is 1.63. The third-order valence-corrected chi connectivity index (χ3v) is 6.36. The van der Waals surface area contributed by atoms with Gasteiger partial charge in [-0.05, 0) is 43.0 Å². The van der Waals surface area contributed by atoms with Crippen LogP contribution in [0.3, 0.4) is 0 Å². The van der Waals surface area contributed by atoms with Crippen LogP contribution < -0.4 is 4.74 Å². The van der Waals surface area contributed by atoms with Gasteiger partial charge in [0.1, 0.15) is 12.4 Å². The van der Waals surface area contributed by atoms with Crippen molar-refractivity contribution in [1.82, 2.24) is 4.90 Å². The Labute approximate surface area is 195 Å². The number of esters is 1. The molecular weight excluding hydrogens is 455 g/mol. The molecule has 0 spiro atoms. The topological polar surface area (TPSA) is 51.1 Å². The summed E-state index contributed by atoms with van der Waals surface area (Å²) < 4.78 is 11.2. The average Bonchev–Trinajstić information content (AvgIpc) is 3.21. The molecule has 0 N–H and O–H groups in total. The van der Waals surface area contributed by atoms with Crippen molar-refractivity contribution >= 4 is 46.1 Å². The number of benzene rings is 2. The van der Waals surface area contributed by atoms with E-state index in [2.05, 4.69) is 4.99 Å². The second-order valence-electron chi connectivity index (χ2n) is 6.90. The summed E-state index contributed by atoms with van der Waals surface area (Å²) in [6.07, 6.45) is 1.91. The summed E-state index contributed by atoms with van der Waals surface area (Å²) in [6, 6.07) is 12.7. The molecule has 2 aliphatic rings. The molecule has 8 heteroatoms. The number of allylic oxidation sites excluding steroid dienone is 1. The highest BCUT2D eigenvalue weighted by atomic mass is 35.5. The summed E-state index contributed by atoms with van der Waals surface area (Å²) in [7, 11) is 0. The zero-order valence-corrected chi connectivity index (χ0v) is 19.3. The molecule has 2 aromatic carbocycles. The van der Waals surface area contributed by atoms with E-state index >= 15 is 0 Å². The average molecular weight is 475 g/mol. The van der Waals surface area contributed by atoms with Crippen LogP contribution in [0.15, 0.2) is 70.3 Å². The Morgan fingerprint density at radius 3 is 2.74 bits per heavy atom. The SMILES string of the molecule is CCOC(=O)C1=C(C)N=C2SC=CN2C1c1ccc(OCc2ccccc2Cl)c(Cl)c1. The van der Waals surface area contributed by atoms with Gasteiger partial charge in [0, 0.05) is 16.8 Å². The van der Waals surface area contributed by atoms with Crippen LogP contribution in [0.4, 0.5) is 0 Å². The van der Waals surface area contributed by atoms with Crippen LogP contribution in [-0.4, -0.2) is 22.6 Å². The van der Waals surface area contributed by atoms with Gasteiger partial charge in [0.15, 0.2) is 5.17 Å². The molecule has 1 atom stereocenters. The molecule has 2 heterocycles. The van der Waals surface area contributed by atoms with Crippen LogP contribution in [0.5, 0.6) is 5.75 Å². The highest BCUT2D eigenvalue weighted by molar-refractivity contribution is 8.16. The number of ether oxygens (including phenoxy) is 2. The van der Waals surface area contributed by atoms with Crippen LogP contribution >= 0.6 is 35.0 Å². The van der Waals surface area contributed by atoms with Crippen molar-refractivity contribution < 1.29 is 14.3 Å². The van der Waals surface area contributed by atoms with E-state index in [0.29, 0.717) is 40.3 Å². The van der Waals surface area contributed by atoms with Gasteiger partial charge >= 0.3 is 5.97 Å². The lowest BCUT2D eigenvalue weighted by Gasteiger charge is -2.33. The lowest BCUT2D eigenvalue weighted by Crippen LogP contribution is -2.34. The Kier molecular flexibility index (Phi) is 6.60. The first kappa shape index (κ1) is 21.8. The van der Waals surface area contributed by atoms with Gasteiger partial charge in [-0.2, -0.15) is 0 Å². The molecular formula is C23H20Cl2N2O3S. The van der Waals surface area contributed by atoms with E-state index < -0.39 is 0 Å². The number of nitrogens with zero attached hydrogens (tertiary/aromatic N) is 2. The van der Waals surface area contributed by atoms with Crippen LogP contribution in [0, 0.1) is 0 Å². The van der Waals surface area contributed by atoms with Gasteiger partial charge < -0.3 is 14.4 Å². The number of halogens is 2. The normalized spacial score (nSPS) is 17.5. The van der Waals surface area contributed by atoms with E-state index in [1.807, 2.05) is 65.9 Å². The molecule has 0 amide bonds. The first-order chi connectivity index (χ1) is 15.0. The monoisotopic (exact) mass is 474 g/mol. The van der Waals surface area contributed by atoms with Gasteiger partial charge in [0.2, 0.25) is 0 Å². The van der Waals surface area contributed by atoms with E-state index in [-0.39, 0.29) is 12.0 Å². The van der Waals surface area contributed by atoms with E-state index in [1.54, 1.807) is 6.92 Å². The quantitative estimate of drug-likeness (QED) is 0.457. The van der Waals surface area contributed by atoms with Gasteiger partial charge in [-0.15, -0.1) is 0 Å². The van der Waals surface area contributed by atoms with Crippen molar-refractivity contribution in [3.05, 3.63) is 86.5 Å². The van der Waals surface area contributed by atoms with Crippen molar-refractivity contribution in [2.45, 2.75) is 26.5 Å². The number of carbonyl (C=O) groups is 1. The summed E-state index contributed by atoms with van der Waals surface area (Å²) in [6.45, 7) is 4.20. The molecule has 2 aromatic rings. The highest BCUT2D eigenvalue weighted by Gasteiger charge is 2.37. The van der Waals surface area contributed by atoms with Gasteiger partial charge in [-0.1, -0.05) is 59.2 Å². The number of hydrogen-bond donors (Lipinski definition) is 0. The molecule has 1 unspecified atom stereocenters. The summed E-state index contributed by atoms with van der Waals surface area (Å²) in [4.78, 5) is 19.3. The minimum atomic E-state index is -0.382. The van der Waals surface area contributed by atoms with Crippen LogP contribution in [0.2, 0.25) is 10.0 Å². The van der Waals surface area contributed by atoms with Crippen molar-refractivity contribution in [1.29, 1.82) is 0 Å². The molecule has 31 heavy (non-hydrogen) atoms. The molecule has 0 aliphatic carbocycles. The van der Waals surface area contributed by atoms with Crippen LogP contribution in [-0.2, 0) is 16.1 Å². The summed E-state index contributed by atoms with van der Waals surface area (Å²) in [5.74, 6) is 0.160. The van der Waals surface area contributed by atoms with Gasteiger partial charge in [0.05, 0.1) is 28.9 Å². The first-order valence-electron chi connectivity index (χ1n) is 9.73. The second-order valence-corrected chi connectivity index (χ2v) is 8.58. The number of aliphatic imine (C=N–C) groups is 1. The van der Waals surface area contributed by atoms with E-state index in [4.69, 9.17) is 32.7 Å². The van der Waals surface area contributed by atoms with Gasteiger partial charge in [0.25, 0.3) is 0 Å². The number of hydrogen-bond acceptors (Lipinski definition) is 6. The maximum Gasteiger partial charge on any atom is 0.338 e. The lowest BCUT2D eigenvalue weighted by atomic mass is 9.94. The second kappa shape index (κ2) is 9.39. The maximum absolute atomic E-state index is 12.7. The Bertz CT molecular complexity index is 1110. The molecule has 0 saturated heterocycles. The number of amidine groups is 1. The number of fused-ring (bicyclic) bond motifs is 1. The third kappa shape index (κ3) is 4.47. The molecule has 0 bridgehead atoms. The summed E-state index contributed by atoms with van der Waals surface area (Å²) >= 11 is 14.3. The Hall–Kier alpha value is -2.41. The summed E-state index contributed by atoms with van der Waals surface area (Å²) in [5.41, 5.74) is 2.86. The van der Waals surface area contributed by atoms with E-state index in [1.165, 1.54) is 11.8 Å². The smallest absolute Gasteiger partial charge is 0.338 e. The Morgan fingerprint density at radius 2 is 2.00 bits per heavy atom. The number of thioether (sulfide) groups is 1. The van der Waals surface area contributed by atoms with Crippen molar-refractivity contribution in [3.8, 4) is 5.75 Å². The molecule has 0 saturated carbocycles. The standard InChI is InChI=1S/C23H20Cl2N2O3S/c1-3-29-22(28)20-14(2)26-23-27(10-11-31-23)21(20)15-8-9-19(18(25)12-15)30-13-16-6-4-5-7-17(16)24/h4-12,21H,3,13H2,1-2H3. The molecule has 0 fully saturated rings. The number of rotatable bonds is 6. The minimum Gasteiger partial charge on any atom is -0.487 e. The molecule has 2 aliphatic heterocycles. The lowest BCUT2D eigenvalue weighted by molar-refractivity contribution is -0.139. The fourth-order valence-electron chi connectivity index (χ4n) is 3.47. The molecule has 0 radical (unpaired) electrons. The molecule has 5 nitrogen and oxygen atoms in total. The van der Waals surface area contributed by atoms with Gasteiger partial charge in [-0.3, -0.25) is 0 Å². The predicted octanol–water partition coefficient (Wildman–Crippen LogP) is 6.34. The zero-order valence-electron chi connectivity index (χ0n) is 17.0. The first-order valence-corrected chi connectivity index (χ1v) is 11.4. The largest absolute Gasteiger partial charge is 0.487 e. The van der Waals surface area contributed by atoms with Crippen molar-refractivity contribution in [2.24, 2.45) is 4.99 Å². The van der Waals surface area contributed by atoms with Crippen LogP contribution in [0.1, 0.15) is 31.0 Å². The van der Waals surface area contributed by atoms with E-state index in [9.17, 15) is 4.79 Å². The Morgan fingerprint density at radius 1 is 1.19 bits per heavy atom.